The molecule has 0 aromatic heterocycles. The molecule has 0 unspecified atom stereocenters. The lowest BCUT2D eigenvalue weighted by Crippen LogP contribution is -3.14. The van der Waals surface area contributed by atoms with Crippen molar-refractivity contribution in [1.29, 1.82) is 0 Å². The Labute approximate surface area is 140 Å². The average molecular weight is 362 g/mol. The number of sulfonamides is 1. The maximum Gasteiger partial charge on any atom is 0.243 e. The van der Waals surface area contributed by atoms with E-state index < -0.39 is 28.2 Å². The van der Waals surface area contributed by atoms with Crippen LogP contribution in [0.5, 0.6) is 0 Å². The molecule has 0 bridgehead atoms. The number of nitrogens with zero attached hydrogens (tertiary/aromatic N) is 2. The SMILES string of the molecule is CC[NH+]1CCN(C(=O)CN(c2ccc(F)c(F)c2)S(C)(=O)=O)CC1. The summed E-state index contributed by atoms with van der Waals surface area (Å²) in [6.45, 7) is 5.35. The Morgan fingerprint density at radius 1 is 1.25 bits per heavy atom. The second kappa shape index (κ2) is 7.43. The van der Waals surface area contributed by atoms with Crippen LogP contribution in [0.2, 0.25) is 0 Å². The molecule has 0 radical (unpaired) electrons. The Hall–Kier alpha value is -1.74. The number of likely N-dealkylation sites (N-methyl/N-ethyl adjacent to an activating group) is 1. The van der Waals surface area contributed by atoms with E-state index >= 15 is 0 Å². The summed E-state index contributed by atoms with van der Waals surface area (Å²) in [5.74, 6) is -2.58. The largest absolute Gasteiger partial charge is 0.332 e. The minimum Gasteiger partial charge on any atom is -0.332 e. The van der Waals surface area contributed by atoms with Crippen molar-refractivity contribution in [2.45, 2.75) is 6.92 Å². The van der Waals surface area contributed by atoms with E-state index in [1.165, 1.54) is 4.90 Å². The third kappa shape index (κ3) is 4.41. The fraction of sp³-hybridized carbons (Fsp3) is 0.533. The molecule has 1 aliphatic rings. The van der Waals surface area contributed by atoms with Gasteiger partial charge in [-0.05, 0) is 19.1 Å². The fourth-order valence-corrected chi connectivity index (χ4v) is 3.53. The number of rotatable bonds is 5. The lowest BCUT2D eigenvalue weighted by Gasteiger charge is -2.33. The zero-order valence-corrected chi connectivity index (χ0v) is 14.6. The molecule has 9 heteroatoms. The molecule has 6 nitrogen and oxygen atoms in total. The predicted octanol–water partition coefficient (Wildman–Crippen LogP) is -0.522. The Bertz CT molecular complexity index is 704. The van der Waals surface area contributed by atoms with Crippen LogP contribution in [0.25, 0.3) is 0 Å². The smallest absolute Gasteiger partial charge is 0.243 e. The number of nitrogens with one attached hydrogen (secondary N) is 1. The van der Waals surface area contributed by atoms with Crippen LogP contribution in [0, 0.1) is 11.6 Å². The van der Waals surface area contributed by atoms with Crippen molar-refractivity contribution >= 4 is 21.6 Å². The summed E-state index contributed by atoms with van der Waals surface area (Å²) in [7, 11) is -3.81. The van der Waals surface area contributed by atoms with E-state index in [1.807, 2.05) is 0 Å². The molecule has 0 aliphatic carbocycles. The third-order valence-corrected chi connectivity index (χ3v) is 5.33. The van der Waals surface area contributed by atoms with Gasteiger partial charge < -0.3 is 9.80 Å². The number of amides is 1. The first-order chi connectivity index (χ1) is 11.2. The lowest BCUT2D eigenvalue weighted by atomic mass is 10.3. The van der Waals surface area contributed by atoms with E-state index in [9.17, 15) is 22.0 Å². The average Bonchev–Trinajstić information content (AvgIpc) is 2.54. The molecule has 2 rings (SSSR count). The van der Waals surface area contributed by atoms with Gasteiger partial charge in [-0.15, -0.1) is 0 Å². The predicted molar refractivity (Wildman–Crippen MR) is 86.4 cm³/mol. The molecular formula is C15H22F2N3O3S+. The Kier molecular flexibility index (Phi) is 5.76. The standard InChI is InChI=1S/C15H21F2N3O3S/c1-3-18-6-8-19(9-7-18)15(21)11-20(24(2,22)23)12-4-5-13(16)14(17)10-12/h4-5,10H,3,6-9,11H2,1-2H3/p+1. The number of hydrogen-bond donors (Lipinski definition) is 1. The number of anilines is 1. The number of piperazine rings is 1. The minimum atomic E-state index is -3.81. The van der Waals surface area contributed by atoms with Gasteiger partial charge in [0.05, 0.1) is 44.7 Å². The van der Waals surface area contributed by atoms with Crippen LogP contribution in [-0.2, 0) is 14.8 Å². The molecule has 1 aromatic rings. The van der Waals surface area contributed by atoms with E-state index in [-0.39, 0.29) is 11.6 Å². The fourth-order valence-electron chi connectivity index (χ4n) is 2.69. The normalized spacial score (nSPS) is 16.2. The number of carbonyl (C=O) groups excluding carboxylic acids is 1. The van der Waals surface area contributed by atoms with Crippen LogP contribution in [0.4, 0.5) is 14.5 Å². The first-order valence-corrected chi connectivity index (χ1v) is 9.61. The van der Waals surface area contributed by atoms with Gasteiger partial charge in [-0.3, -0.25) is 9.10 Å². The number of halogens is 2. The molecule has 1 aromatic carbocycles. The van der Waals surface area contributed by atoms with Gasteiger partial charge in [0, 0.05) is 6.07 Å². The van der Waals surface area contributed by atoms with Gasteiger partial charge in [0.15, 0.2) is 11.6 Å². The van der Waals surface area contributed by atoms with Crippen LogP contribution in [0.1, 0.15) is 6.92 Å². The van der Waals surface area contributed by atoms with E-state index in [0.717, 1.165) is 48.4 Å². The monoisotopic (exact) mass is 362 g/mol. The van der Waals surface area contributed by atoms with Crippen molar-refractivity contribution in [2.24, 2.45) is 0 Å². The molecule has 0 atom stereocenters. The Balaban J connectivity index is 2.15. The van der Waals surface area contributed by atoms with Gasteiger partial charge in [0.2, 0.25) is 15.9 Å². The highest BCUT2D eigenvalue weighted by Gasteiger charge is 2.27. The number of carbonyl (C=O) groups is 1. The van der Waals surface area contributed by atoms with E-state index in [0.29, 0.717) is 13.1 Å². The first-order valence-electron chi connectivity index (χ1n) is 7.76. The Morgan fingerprint density at radius 2 is 1.88 bits per heavy atom. The summed E-state index contributed by atoms with van der Waals surface area (Å²) >= 11 is 0. The second-order valence-electron chi connectivity index (χ2n) is 5.85. The third-order valence-electron chi connectivity index (χ3n) is 4.19. The van der Waals surface area contributed by atoms with E-state index in [2.05, 4.69) is 6.92 Å². The molecule has 134 valence electrons. The van der Waals surface area contributed by atoms with Crippen molar-refractivity contribution in [3.05, 3.63) is 29.8 Å². The molecule has 1 aliphatic heterocycles. The van der Waals surface area contributed by atoms with Crippen molar-refractivity contribution in [3.63, 3.8) is 0 Å². The molecule has 24 heavy (non-hydrogen) atoms. The lowest BCUT2D eigenvalue weighted by molar-refractivity contribution is -0.902. The van der Waals surface area contributed by atoms with Crippen LogP contribution >= 0.6 is 0 Å². The zero-order chi connectivity index (χ0) is 17.9. The van der Waals surface area contributed by atoms with E-state index in [4.69, 9.17) is 0 Å². The second-order valence-corrected chi connectivity index (χ2v) is 7.76. The van der Waals surface area contributed by atoms with Crippen molar-refractivity contribution < 1.29 is 26.9 Å². The van der Waals surface area contributed by atoms with Gasteiger partial charge in [0.25, 0.3) is 0 Å². The number of benzene rings is 1. The highest BCUT2D eigenvalue weighted by molar-refractivity contribution is 7.92. The number of hydrogen-bond acceptors (Lipinski definition) is 3. The molecule has 1 N–H and O–H groups in total. The van der Waals surface area contributed by atoms with Gasteiger partial charge in [-0.25, -0.2) is 17.2 Å². The van der Waals surface area contributed by atoms with Crippen molar-refractivity contribution in [2.75, 3.05) is 49.8 Å². The molecule has 1 heterocycles. The summed E-state index contributed by atoms with van der Waals surface area (Å²) in [5.41, 5.74) is -0.0671. The molecule has 1 saturated heterocycles. The zero-order valence-electron chi connectivity index (χ0n) is 13.8. The minimum absolute atomic E-state index is 0.0671. The quantitative estimate of drug-likeness (QED) is 0.767. The van der Waals surface area contributed by atoms with E-state index in [1.54, 1.807) is 4.90 Å². The maximum atomic E-state index is 13.4. The maximum absolute atomic E-state index is 13.4. The molecular weight excluding hydrogens is 340 g/mol. The topological polar surface area (TPSA) is 62.1 Å². The van der Waals surface area contributed by atoms with Crippen molar-refractivity contribution in [1.82, 2.24) is 4.90 Å². The highest BCUT2D eigenvalue weighted by atomic mass is 32.2. The summed E-state index contributed by atoms with van der Waals surface area (Å²) < 4.78 is 51.2. The van der Waals surface area contributed by atoms with Crippen LogP contribution in [0.3, 0.4) is 0 Å². The molecule has 1 amide bonds. The van der Waals surface area contributed by atoms with Gasteiger partial charge in [0.1, 0.15) is 6.54 Å². The summed E-state index contributed by atoms with van der Waals surface area (Å²) in [5, 5.41) is 0. The summed E-state index contributed by atoms with van der Waals surface area (Å²) in [4.78, 5) is 15.4. The number of quaternary nitrogens is 1. The summed E-state index contributed by atoms with van der Waals surface area (Å²) in [6, 6.07) is 2.77. The van der Waals surface area contributed by atoms with Crippen LogP contribution in [0.15, 0.2) is 18.2 Å². The van der Waals surface area contributed by atoms with Gasteiger partial charge in [-0.2, -0.15) is 0 Å². The Morgan fingerprint density at radius 3 is 2.38 bits per heavy atom. The van der Waals surface area contributed by atoms with Crippen molar-refractivity contribution in [3.8, 4) is 0 Å². The van der Waals surface area contributed by atoms with Gasteiger partial charge in [-0.1, -0.05) is 0 Å². The molecule has 0 spiro atoms. The van der Waals surface area contributed by atoms with Crippen LogP contribution < -0.4 is 9.21 Å². The first kappa shape index (κ1) is 18.6. The van der Waals surface area contributed by atoms with Gasteiger partial charge >= 0.3 is 0 Å². The van der Waals surface area contributed by atoms with Crippen LogP contribution in [-0.4, -0.2) is 64.7 Å². The molecule has 1 fully saturated rings. The summed E-state index contributed by atoms with van der Waals surface area (Å²) in [6.07, 6.45) is 0.931. The molecule has 0 saturated carbocycles. The highest BCUT2D eigenvalue weighted by Crippen LogP contribution is 2.20.